The number of nitrogens with zero attached hydrogens (tertiary/aromatic N) is 2. The van der Waals surface area contributed by atoms with Crippen LogP contribution in [0.5, 0.6) is 0 Å². The minimum absolute atomic E-state index is 0.918. The molecule has 1 fully saturated rings. The van der Waals surface area contributed by atoms with Crippen molar-refractivity contribution in [3.8, 4) is 0 Å². The van der Waals surface area contributed by atoms with E-state index in [0.717, 1.165) is 24.8 Å². The molecule has 3 nitrogen and oxygen atoms in total. The summed E-state index contributed by atoms with van der Waals surface area (Å²) in [6.45, 7) is 5.55. The Hall–Kier alpha value is -1.09. The van der Waals surface area contributed by atoms with Gasteiger partial charge in [0.2, 0.25) is 0 Å². The van der Waals surface area contributed by atoms with Crippen molar-refractivity contribution in [2.75, 3.05) is 25.0 Å². The maximum absolute atomic E-state index is 4.56. The third kappa shape index (κ3) is 4.20. The van der Waals surface area contributed by atoms with E-state index in [4.69, 9.17) is 0 Å². The quantitative estimate of drug-likeness (QED) is 0.882. The summed E-state index contributed by atoms with van der Waals surface area (Å²) in [5.41, 5.74) is 1.32. The lowest BCUT2D eigenvalue weighted by atomic mass is 9.96. The fraction of sp³-hybridized carbons (Fsp3) is 0.688. The van der Waals surface area contributed by atoms with Gasteiger partial charge in [-0.1, -0.05) is 19.8 Å². The lowest BCUT2D eigenvalue weighted by molar-refractivity contribution is 0.435. The normalized spacial score (nSPS) is 20.3. The van der Waals surface area contributed by atoms with E-state index in [0.29, 0.717) is 0 Å². The highest BCUT2D eigenvalue weighted by atomic mass is 15.2. The number of rotatable bonds is 5. The summed E-state index contributed by atoms with van der Waals surface area (Å²) in [5.74, 6) is 2.08. The van der Waals surface area contributed by atoms with Crippen LogP contribution in [0.15, 0.2) is 18.3 Å². The van der Waals surface area contributed by atoms with Gasteiger partial charge >= 0.3 is 0 Å². The largest absolute Gasteiger partial charge is 0.357 e. The van der Waals surface area contributed by atoms with Gasteiger partial charge in [0.05, 0.1) is 0 Å². The highest BCUT2D eigenvalue weighted by Gasteiger charge is 2.17. The highest BCUT2D eigenvalue weighted by Crippen LogP contribution is 2.24. The number of hydrogen-bond donors (Lipinski definition) is 1. The minimum Gasteiger partial charge on any atom is -0.357 e. The van der Waals surface area contributed by atoms with Gasteiger partial charge in [-0.05, 0) is 49.9 Å². The highest BCUT2D eigenvalue weighted by molar-refractivity contribution is 5.41. The lowest BCUT2D eigenvalue weighted by Crippen LogP contribution is -2.25. The molecular formula is C16H27N3. The predicted octanol–water partition coefficient (Wildman–Crippen LogP) is 3.21. The average molecular weight is 261 g/mol. The van der Waals surface area contributed by atoms with Crippen molar-refractivity contribution in [3.05, 3.63) is 23.9 Å². The van der Waals surface area contributed by atoms with Crippen LogP contribution in [0.2, 0.25) is 0 Å². The van der Waals surface area contributed by atoms with Crippen LogP contribution in [0.1, 0.15) is 44.6 Å². The third-order valence-corrected chi connectivity index (χ3v) is 4.06. The van der Waals surface area contributed by atoms with E-state index >= 15 is 0 Å². The Morgan fingerprint density at radius 1 is 1.37 bits per heavy atom. The Balaban J connectivity index is 1.99. The van der Waals surface area contributed by atoms with Crippen molar-refractivity contribution in [2.24, 2.45) is 5.92 Å². The Labute approximate surface area is 117 Å². The van der Waals surface area contributed by atoms with Crippen molar-refractivity contribution in [1.82, 2.24) is 10.3 Å². The molecule has 2 rings (SSSR count). The molecule has 1 aromatic rings. The third-order valence-electron chi connectivity index (χ3n) is 4.06. The number of pyridine rings is 1. The summed E-state index contributed by atoms with van der Waals surface area (Å²) >= 11 is 0. The molecular weight excluding hydrogens is 234 g/mol. The van der Waals surface area contributed by atoms with Crippen molar-refractivity contribution in [3.63, 3.8) is 0 Å². The van der Waals surface area contributed by atoms with Crippen LogP contribution in [-0.4, -0.2) is 25.1 Å². The number of anilines is 1. The van der Waals surface area contributed by atoms with Crippen molar-refractivity contribution in [2.45, 2.75) is 45.6 Å². The van der Waals surface area contributed by atoms with Crippen LogP contribution in [0.25, 0.3) is 0 Å². The van der Waals surface area contributed by atoms with E-state index in [2.05, 4.69) is 34.3 Å². The van der Waals surface area contributed by atoms with Gasteiger partial charge in [0, 0.05) is 25.8 Å². The SMILES string of the molecule is CCCC1CCCN(c2cc(CNC)ccn2)CC1. The molecule has 1 saturated heterocycles. The Bertz CT molecular complexity index is 378. The molecule has 1 N–H and O–H groups in total. The van der Waals surface area contributed by atoms with E-state index in [1.165, 1.54) is 44.2 Å². The first-order valence-electron chi connectivity index (χ1n) is 7.68. The average Bonchev–Trinajstić information content (AvgIpc) is 2.66. The van der Waals surface area contributed by atoms with Crippen molar-refractivity contribution in [1.29, 1.82) is 0 Å². The van der Waals surface area contributed by atoms with Crippen LogP contribution in [0.3, 0.4) is 0 Å². The summed E-state index contributed by atoms with van der Waals surface area (Å²) in [7, 11) is 1.99. The van der Waals surface area contributed by atoms with Crippen LogP contribution >= 0.6 is 0 Å². The molecule has 0 aromatic carbocycles. The fourth-order valence-corrected chi connectivity index (χ4v) is 3.04. The summed E-state index contributed by atoms with van der Waals surface area (Å²) in [6.07, 6.45) is 8.67. The van der Waals surface area contributed by atoms with Gasteiger partial charge in [-0.2, -0.15) is 0 Å². The van der Waals surface area contributed by atoms with Crippen LogP contribution in [0.4, 0.5) is 5.82 Å². The lowest BCUT2D eigenvalue weighted by Gasteiger charge is -2.22. The van der Waals surface area contributed by atoms with Gasteiger partial charge in [0.1, 0.15) is 5.82 Å². The molecule has 3 heteroatoms. The zero-order valence-electron chi connectivity index (χ0n) is 12.4. The molecule has 0 radical (unpaired) electrons. The Morgan fingerprint density at radius 2 is 2.26 bits per heavy atom. The molecule has 1 aliphatic rings. The summed E-state index contributed by atoms with van der Waals surface area (Å²) in [6, 6.07) is 4.33. The van der Waals surface area contributed by atoms with E-state index in [-0.39, 0.29) is 0 Å². The predicted molar refractivity (Wildman–Crippen MR) is 81.5 cm³/mol. The molecule has 1 aliphatic heterocycles. The second-order valence-electron chi connectivity index (χ2n) is 5.63. The first-order chi connectivity index (χ1) is 9.33. The van der Waals surface area contributed by atoms with Crippen LogP contribution in [-0.2, 0) is 6.54 Å². The molecule has 106 valence electrons. The molecule has 0 spiro atoms. The van der Waals surface area contributed by atoms with E-state index in [1.54, 1.807) is 0 Å². The maximum Gasteiger partial charge on any atom is 0.128 e. The molecule has 1 aromatic heterocycles. The summed E-state index contributed by atoms with van der Waals surface area (Å²) in [5, 5.41) is 3.20. The number of aromatic nitrogens is 1. The second-order valence-corrected chi connectivity index (χ2v) is 5.63. The summed E-state index contributed by atoms with van der Waals surface area (Å²) < 4.78 is 0. The van der Waals surface area contributed by atoms with Crippen LogP contribution in [0, 0.1) is 5.92 Å². The topological polar surface area (TPSA) is 28.2 Å². The number of nitrogens with one attached hydrogen (secondary N) is 1. The molecule has 0 bridgehead atoms. The van der Waals surface area contributed by atoms with E-state index < -0.39 is 0 Å². The fourth-order valence-electron chi connectivity index (χ4n) is 3.04. The minimum atomic E-state index is 0.918. The zero-order valence-corrected chi connectivity index (χ0v) is 12.4. The Morgan fingerprint density at radius 3 is 3.05 bits per heavy atom. The smallest absolute Gasteiger partial charge is 0.128 e. The number of hydrogen-bond acceptors (Lipinski definition) is 3. The van der Waals surface area contributed by atoms with Gasteiger partial charge in [-0.15, -0.1) is 0 Å². The molecule has 1 unspecified atom stereocenters. The zero-order chi connectivity index (χ0) is 13.5. The summed E-state index contributed by atoms with van der Waals surface area (Å²) in [4.78, 5) is 7.02. The molecule has 19 heavy (non-hydrogen) atoms. The molecule has 0 saturated carbocycles. The monoisotopic (exact) mass is 261 g/mol. The Kier molecular flexibility index (Phi) is 5.64. The van der Waals surface area contributed by atoms with Gasteiger partial charge in [-0.3, -0.25) is 0 Å². The molecule has 0 amide bonds. The molecule has 1 atom stereocenters. The van der Waals surface area contributed by atoms with Crippen molar-refractivity contribution < 1.29 is 0 Å². The first kappa shape index (κ1) is 14.3. The van der Waals surface area contributed by atoms with Crippen LogP contribution < -0.4 is 10.2 Å². The first-order valence-corrected chi connectivity index (χ1v) is 7.68. The van der Waals surface area contributed by atoms with Gasteiger partial charge in [-0.25, -0.2) is 4.98 Å². The molecule has 2 heterocycles. The van der Waals surface area contributed by atoms with E-state index in [9.17, 15) is 0 Å². The second kappa shape index (κ2) is 7.49. The van der Waals surface area contributed by atoms with Crippen molar-refractivity contribution >= 4 is 5.82 Å². The van der Waals surface area contributed by atoms with E-state index in [1.807, 2.05) is 13.2 Å². The van der Waals surface area contributed by atoms with Gasteiger partial charge in [0.15, 0.2) is 0 Å². The molecule has 0 aliphatic carbocycles. The maximum atomic E-state index is 4.56. The van der Waals surface area contributed by atoms with Gasteiger partial charge in [0.25, 0.3) is 0 Å². The van der Waals surface area contributed by atoms with Gasteiger partial charge < -0.3 is 10.2 Å². The standard InChI is InChI=1S/C16H27N3/c1-3-5-14-6-4-10-19(11-8-14)16-12-15(13-17-2)7-9-18-16/h7,9,12,14,17H,3-6,8,10-11,13H2,1-2H3.